The Bertz CT molecular complexity index is 1110. The highest BCUT2D eigenvalue weighted by Crippen LogP contribution is 2.30. The second-order valence-corrected chi connectivity index (χ2v) is 8.62. The van der Waals surface area contributed by atoms with Crippen LogP contribution in [0, 0.1) is 0 Å². The quantitative estimate of drug-likeness (QED) is 0.509. The zero-order valence-electron chi connectivity index (χ0n) is 18.8. The van der Waals surface area contributed by atoms with Crippen LogP contribution in [-0.4, -0.2) is 17.6 Å². The number of nitrogens with one attached hydrogen (secondary N) is 3. The molecule has 166 valence electrons. The van der Waals surface area contributed by atoms with Crippen LogP contribution in [0.1, 0.15) is 54.2 Å². The second kappa shape index (κ2) is 9.14. The Balaban J connectivity index is 1.91. The van der Waals surface area contributed by atoms with Crippen LogP contribution in [0.2, 0.25) is 0 Å². The lowest BCUT2D eigenvalue weighted by Gasteiger charge is -2.22. The fraction of sp³-hybridized carbons (Fsp3) is 0.231. The van der Waals surface area contributed by atoms with Gasteiger partial charge in [-0.3, -0.25) is 10.1 Å². The van der Waals surface area contributed by atoms with E-state index in [1.54, 1.807) is 45.1 Å². The van der Waals surface area contributed by atoms with Crippen LogP contribution in [0.15, 0.2) is 55.8 Å². The number of aryl methyl sites for hydroxylation is 1. The summed E-state index contributed by atoms with van der Waals surface area (Å²) in [6.07, 6.45) is 4.34. The molecule has 0 spiro atoms. The molecule has 2 amide bonds. The van der Waals surface area contributed by atoms with E-state index in [4.69, 9.17) is 4.74 Å². The maximum atomic E-state index is 13.2. The van der Waals surface area contributed by atoms with Gasteiger partial charge in [0.25, 0.3) is 5.91 Å². The number of rotatable bonds is 5. The van der Waals surface area contributed by atoms with E-state index in [0.29, 0.717) is 16.9 Å². The number of carbonyl (C=O) groups excluding carboxylic acids is 2. The van der Waals surface area contributed by atoms with E-state index in [-0.39, 0.29) is 5.91 Å². The molecule has 2 aromatic carbocycles. The van der Waals surface area contributed by atoms with E-state index >= 15 is 0 Å². The summed E-state index contributed by atoms with van der Waals surface area (Å²) in [4.78, 5) is 25.6. The monoisotopic (exact) mass is 431 g/mol. The Hall–Kier alpha value is -3.80. The molecule has 0 atom stereocenters. The van der Waals surface area contributed by atoms with Crippen molar-refractivity contribution in [3.63, 3.8) is 0 Å². The van der Waals surface area contributed by atoms with Crippen molar-refractivity contribution in [1.29, 1.82) is 0 Å². The molecule has 1 heterocycles. The molecule has 0 fully saturated rings. The van der Waals surface area contributed by atoms with Gasteiger partial charge in [-0.2, -0.15) is 0 Å². The van der Waals surface area contributed by atoms with Crippen LogP contribution >= 0.6 is 0 Å². The van der Waals surface area contributed by atoms with Gasteiger partial charge in [0.15, 0.2) is 0 Å². The summed E-state index contributed by atoms with van der Waals surface area (Å²) in [6.45, 7) is 16.9. The van der Waals surface area contributed by atoms with Crippen molar-refractivity contribution in [3.05, 3.63) is 78.0 Å². The van der Waals surface area contributed by atoms with Gasteiger partial charge in [0.05, 0.1) is 11.3 Å². The SMILES string of the molecule is C=Cc1cc(NC(=O)OC(C)(C)C)c(C(=O)Nc2ccc3c(c2)CCC(=C)N3)cc1C=C. The van der Waals surface area contributed by atoms with Crippen molar-refractivity contribution in [2.75, 3.05) is 16.0 Å². The fourth-order valence-corrected chi connectivity index (χ4v) is 3.43. The first kappa shape index (κ1) is 22.9. The molecule has 2 aromatic rings. The number of amides is 2. The number of allylic oxidation sites excluding steroid dienone is 1. The van der Waals surface area contributed by atoms with E-state index in [1.165, 1.54) is 0 Å². The number of benzene rings is 2. The number of anilines is 3. The maximum Gasteiger partial charge on any atom is 0.412 e. The van der Waals surface area contributed by atoms with E-state index < -0.39 is 11.7 Å². The highest BCUT2D eigenvalue weighted by atomic mass is 16.6. The van der Waals surface area contributed by atoms with Gasteiger partial charge in [-0.1, -0.05) is 31.9 Å². The fourth-order valence-electron chi connectivity index (χ4n) is 3.43. The van der Waals surface area contributed by atoms with Gasteiger partial charge in [0, 0.05) is 17.1 Å². The minimum absolute atomic E-state index is 0.292. The van der Waals surface area contributed by atoms with E-state index in [0.717, 1.165) is 40.9 Å². The highest BCUT2D eigenvalue weighted by Gasteiger charge is 2.21. The van der Waals surface area contributed by atoms with E-state index in [2.05, 4.69) is 35.7 Å². The van der Waals surface area contributed by atoms with Crippen molar-refractivity contribution >= 4 is 41.2 Å². The van der Waals surface area contributed by atoms with Gasteiger partial charge in [0.2, 0.25) is 0 Å². The summed E-state index contributed by atoms with van der Waals surface area (Å²) in [5, 5.41) is 8.88. The first-order valence-electron chi connectivity index (χ1n) is 10.4. The summed E-state index contributed by atoms with van der Waals surface area (Å²) in [5.74, 6) is -0.358. The lowest BCUT2D eigenvalue weighted by Crippen LogP contribution is -2.28. The molecule has 1 aliphatic heterocycles. The minimum atomic E-state index is -0.669. The largest absolute Gasteiger partial charge is 0.444 e. The van der Waals surface area contributed by atoms with Crippen LogP contribution < -0.4 is 16.0 Å². The molecule has 0 saturated carbocycles. The Morgan fingerprint density at radius 3 is 2.38 bits per heavy atom. The molecular formula is C26H29N3O3. The summed E-state index contributed by atoms with van der Waals surface area (Å²) in [6, 6.07) is 9.06. The van der Waals surface area contributed by atoms with Crippen LogP contribution in [0.3, 0.4) is 0 Å². The zero-order valence-corrected chi connectivity index (χ0v) is 18.8. The normalized spacial score (nSPS) is 12.8. The molecule has 0 radical (unpaired) electrons. The number of carbonyl (C=O) groups is 2. The molecule has 0 bridgehead atoms. The van der Waals surface area contributed by atoms with Crippen LogP contribution in [-0.2, 0) is 11.2 Å². The summed E-state index contributed by atoms with van der Waals surface area (Å²) < 4.78 is 5.35. The Morgan fingerprint density at radius 1 is 1.03 bits per heavy atom. The van der Waals surface area contributed by atoms with Crippen molar-refractivity contribution < 1.29 is 14.3 Å². The topological polar surface area (TPSA) is 79.5 Å². The van der Waals surface area contributed by atoms with Crippen molar-refractivity contribution in [2.24, 2.45) is 0 Å². The van der Waals surface area contributed by atoms with Gasteiger partial charge in [-0.25, -0.2) is 4.79 Å². The molecule has 6 heteroatoms. The molecule has 0 saturated heterocycles. The van der Waals surface area contributed by atoms with Crippen molar-refractivity contribution in [2.45, 2.75) is 39.2 Å². The third-order valence-corrected chi connectivity index (χ3v) is 4.91. The Kier molecular flexibility index (Phi) is 6.53. The average Bonchev–Trinajstić information content (AvgIpc) is 2.72. The first-order chi connectivity index (χ1) is 15.1. The van der Waals surface area contributed by atoms with Crippen LogP contribution in [0.4, 0.5) is 21.9 Å². The smallest absolute Gasteiger partial charge is 0.412 e. The highest BCUT2D eigenvalue weighted by molar-refractivity contribution is 6.10. The number of fused-ring (bicyclic) bond motifs is 1. The van der Waals surface area contributed by atoms with Gasteiger partial charge in [-0.15, -0.1) is 0 Å². The summed E-state index contributed by atoms with van der Waals surface area (Å²) >= 11 is 0. The summed E-state index contributed by atoms with van der Waals surface area (Å²) in [7, 11) is 0. The Morgan fingerprint density at radius 2 is 1.72 bits per heavy atom. The standard InChI is InChI=1S/C26H29N3O3/c1-7-17-14-21(23(15-18(17)8-2)29-25(31)32-26(4,5)6)24(30)28-20-11-12-22-19(13-20)10-9-16(3)27-22/h7-8,11-15,27H,1-3,9-10H2,4-6H3,(H,28,30)(H,29,31). The van der Waals surface area contributed by atoms with E-state index in [9.17, 15) is 9.59 Å². The zero-order chi connectivity index (χ0) is 23.5. The molecule has 0 aliphatic carbocycles. The van der Waals surface area contributed by atoms with Crippen LogP contribution in [0.5, 0.6) is 0 Å². The molecule has 32 heavy (non-hydrogen) atoms. The lowest BCUT2D eigenvalue weighted by molar-refractivity contribution is 0.0636. The van der Waals surface area contributed by atoms with Crippen LogP contribution in [0.25, 0.3) is 12.2 Å². The van der Waals surface area contributed by atoms with Crippen molar-refractivity contribution in [3.8, 4) is 0 Å². The van der Waals surface area contributed by atoms with Gasteiger partial charge >= 0.3 is 6.09 Å². The molecule has 3 N–H and O–H groups in total. The molecule has 6 nitrogen and oxygen atoms in total. The lowest BCUT2D eigenvalue weighted by atomic mass is 10.00. The Labute approximate surface area is 189 Å². The molecule has 0 unspecified atom stereocenters. The van der Waals surface area contributed by atoms with Gasteiger partial charge in [0.1, 0.15) is 5.60 Å². The summed E-state index contributed by atoms with van der Waals surface area (Å²) in [5.41, 5.74) is 5.17. The predicted molar refractivity (Wildman–Crippen MR) is 132 cm³/mol. The second-order valence-electron chi connectivity index (χ2n) is 8.62. The third kappa shape index (κ3) is 5.46. The van der Waals surface area contributed by atoms with Gasteiger partial charge in [-0.05, 0) is 80.6 Å². The first-order valence-corrected chi connectivity index (χ1v) is 10.4. The predicted octanol–water partition coefficient (Wildman–Crippen LogP) is 6.44. The molecule has 1 aliphatic rings. The minimum Gasteiger partial charge on any atom is -0.444 e. The third-order valence-electron chi connectivity index (χ3n) is 4.91. The van der Waals surface area contributed by atoms with E-state index in [1.807, 2.05) is 18.2 Å². The number of ether oxygens (including phenoxy) is 1. The van der Waals surface area contributed by atoms with Gasteiger partial charge < -0.3 is 15.4 Å². The number of hydrogen-bond acceptors (Lipinski definition) is 4. The maximum absolute atomic E-state index is 13.2. The molecule has 0 aromatic heterocycles. The van der Waals surface area contributed by atoms with Crippen molar-refractivity contribution in [1.82, 2.24) is 0 Å². The number of hydrogen-bond donors (Lipinski definition) is 3. The molecule has 3 rings (SSSR count). The molecular weight excluding hydrogens is 402 g/mol. The average molecular weight is 432 g/mol.